The maximum atomic E-state index is 13.5. The zero-order valence-corrected chi connectivity index (χ0v) is 19.0. The first kappa shape index (κ1) is 22.2. The summed E-state index contributed by atoms with van der Waals surface area (Å²) in [6.45, 7) is 3.25. The van der Waals surface area contributed by atoms with Gasteiger partial charge in [-0.2, -0.15) is 0 Å². The highest BCUT2D eigenvalue weighted by molar-refractivity contribution is 7.09. The molecule has 0 bridgehead atoms. The summed E-state index contributed by atoms with van der Waals surface area (Å²) in [5.74, 6) is -0.0353. The lowest BCUT2D eigenvalue weighted by Crippen LogP contribution is -2.56. The highest BCUT2D eigenvalue weighted by Gasteiger charge is 2.33. The van der Waals surface area contributed by atoms with Crippen LogP contribution >= 0.6 is 11.3 Å². The van der Waals surface area contributed by atoms with Gasteiger partial charge in [0.25, 0.3) is 0 Å². The van der Waals surface area contributed by atoms with Crippen LogP contribution in [0.15, 0.2) is 78.2 Å². The molecule has 1 aliphatic rings. The minimum atomic E-state index is -0.437. The largest absolute Gasteiger partial charge is 0.353 e. The summed E-state index contributed by atoms with van der Waals surface area (Å²) in [5.41, 5.74) is 2.30. The predicted molar refractivity (Wildman–Crippen MR) is 128 cm³/mol. The van der Waals surface area contributed by atoms with Crippen molar-refractivity contribution in [2.24, 2.45) is 0 Å². The van der Waals surface area contributed by atoms with Gasteiger partial charge in [0.05, 0.1) is 12.5 Å². The molecular formula is C26H29N3O2S. The number of carbonyl (C=O) groups excluding carboxylic acids is 2. The molecule has 2 aromatic carbocycles. The number of nitrogens with one attached hydrogen (secondary N) is 1. The van der Waals surface area contributed by atoms with E-state index in [1.165, 1.54) is 10.4 Å². The molecule has 4 rings (SSSR count). The van der Waals surface area contributed by atoms with Crippen LogP contribution in [0.3, 0.4) is 0 Å². The van der Waals surface area contributed by atoms with Crippen LogP contribution in [0.25, 0.3) is 0 Å². The molecule has 1 aliphatic heterocycles. The summed E-state index contributed by atoms with van der Waals surface area (Å²) >= 11 is 1.68. The zero-order chi connectivity index (χ0) is 22.2. The molecule has 2 heterocycles. The normalized spacial score (nSPS) is 16.5. The summed E-state index contributed by atoms with van der Waals surface area (Å²) in [5, 5.41) is 4.99. The topological polar surface area (TPSA) is 52.7 Å². The smallest absolute Gasteiger partial charge is 0.237 e. The second-order valence-electron chi connectivity index (χ2n) is 8.10. The van der Waals surface area contributed by atoms with Crippen LogP contribution in [0.1, 0.15) is 22.4 Å². The lowest BCUT2D eigenvalue weighted by Gasteiger charge is -2.35. The minimum absolute atomic E-state index is 0.0167. The molecule has 1 saturated heterocycles. The second-order valence-corrected chi connectivity index (χ2v) is 9.13. The van der Waals surface area contributed by atoms with Crippen molar-refractivity contribution in [1.29, 1.82) is 0 Å². The fourth-order valence-electron chi connectivity index (χ4n) is 4.07. The third kappa shape index (κ3) is 6.05. The molecule has 0 unspecified atom stereocenters. The van der Waals surface area contributed by atoms with Gasteiger partial charge in [-0.1, -0.05) is 66.7 Å². The van der Waals surface area contributed by atoms with E-state index in [2.05, 4.69) is 28.4 Å². The van der Waals surface area contributed by atoms with Crippen LogP contribution in [-0.2, 0) is 29.1 Å². The number of benzene rings is 2. The van der Waals surface area contributed by atoms with Crippen molar-refractivity contribution in [3.8, 4) is 0 Å². The van der Waals surface area contributed by atoms with Crippen molar-refractivity contribution in [3.05, 3.63) is 94.2 Å². The van der Waals surface area contributed by atoms with Gasteiger partial charge in [0.1, 0.15) is 0 Å². The Morgan fingerprint density at radius 1 is 1.00 bits per heavy atom. The van der Waals surface area contributed by atoms with Crippen molar-refractivity contribution in [1.82, 2.24) is 15.1 Å². The predicted octanol–water partition coefficient (Wildman–Crippen LogP) is 3.71. The molecule has 1 N–H and O–H groups in total. The lowest BCUT2D eigenvalue weighted by molar-refractivity contribution is -0.139. The van der Waals surface area contributed by atoms with Crippen LogP contribution in [0, 0.1) is 0 Å². The van der Waals surface area contributed by atoms with E-state index in [1.807, 2.05) is 64.9 Å². The molecule has 1 aromatic heterocycles. The lowest BCUT2D eigenvalue weighted by atomic mass is 10.1. The average molecular weight is 448 g/mol. The van der Waals surface area contributed by atoms with Crippen LogP contribution in [0.4, 0.5) is 0 Å². The molecule has 6 heteroatoms. The van der Waals surface area contributed by atoms with Crippen molar-refractivity contribution >= 4 is 23.2 Å². The molecule has 0 radical (unpaired) electrons. The SMILES string of the molecule is O=C1NCCN(Cc2cccs2)[C@@H]1CC(=O)N(CCc1ccccc1)Cc1ccccc1. The Hall–Kier alpha value is -2.96. The Morgan fingerprint density at radius 3 is 2.41 bits per heavy atom. The monoisotopic (exact) mass is 447 g/mol. The summed E-state index contributed by atoms with van der Waals surface area (Å²) in [6.07, 6.45) is 0.980. The molecular weight excluding hydrogens is 418 g/mol. The molecule has 0 aliphatic carbocycles. The van der Waals surface area contributed by atoms with Crippen molar-refractivity contribution in [3.63, 3.8) is 0 Å². The molecule has 166 valence electrons. The number of piperazine rings is 1. The quantitative estimate of drug-likeness (QED) is 0.544. The van der Waals surface area contributed by atoms with Crippen LogP contribution in [0.2, 0.25) is 0 Å². The molecule has 1 fully saturated rings. The molecule has 32 heavy (non-hydrogen) atoms. The highest BCUT2D eigenvalue weighted by Crippen LogP contribution is 2.19. The summed E-state index contributed by atoms with van der Waals surface area (Å²) in [7, 11) is 0. The third-order valence-corrected chi connectivity index (χ3v) is 6.69. The van der Waals surface area contributed by atoms with Gasteiger partial charge in [-0.25, -0.2) is 0 Å². The van der Waals surface area contributed by atoms with Gasteiger partial charge in [0.15, 0.2) is 0 Å². The summed E-state index contributed by atoms with van der Waals surface area (Å²) in [6, 6.07) is 23.9. The van der Waals surface area contributed by atoms with Crippen LogP contribution in [-0.4, -0.2) is 47.3 Å². The zero-order valence-electron chi connectivity index (χ0n) is 18.2. The van der Waals surface area contributed by atoms with Gasteiger partial charge >= 0.3 is 0 Å². The number of carbonyl (C=O) groups is 2. The summed E-state index contributed by atoms with van der Waals surface area (Å²) in [4.78, 5) is 31.4. The first-order valence-corrected chi connectivity index (χ1v) is 12.0. The minimum Gasteiger partial charge on any atom is -0.353 e. The number of hydrogen-bond acceptors (Lipinski definition) is 4. The Balaban J connectivity index is 1.47. The molecule has 2 amide bonds. The van der Waals surface area contributed by atoms with Crippen LogP contribution in [0.5, 0.6) is 0 Å². The Kier molecular flexibility index (Phi) is 7.69. The van der Waals surface area contributed by atoms with Crippen molar-refractivity contribution < 1.29 is 9.59 Å². The van der Waals surface area contributed by atoms with Gasteiger partial charge in [0.2, 0.25) is 11.8 Å². The van der Waals surface area contributed by atoms with E-state index in [1.54, 1.807) is 11.3 Å². The van der Waals surface area contributed by atoms with E-state index in [0.29, 0.717) is 26.2 Å². The standard InChI is InChI=1S/C26H29N3O2S/c30-25(18-24-26(31)27-14-16-28(24)20-23-12-7-17-32-23)29(19-22-10-5-2-6-11-22)15-13-21-8-3-1-4-9-21/h1-12,17,24H,13-16,18-20H2,(H,27,31)/t24-/m1/s1. The number of nitrogens with zero attached hydrogens (tertiary/aromatic N) is 2. The maximum Gasteiger partial charge on any atom is 0.237 e. The van der Waals surface area contributed by atoms with E-state index in [9.17, 15) is 9.59 Å². The number of thiophene rings is 1. The highest BCUT2D eigenvalue weighted by atomic mass is 32.1. The molecule has 0 spiro atoms. The Bertz CT molecular complexity index is 992. The number of rotatable bonds is 9. The molecule has 3 aromatic rings. The van der Waals surface area contributed by atoms with Crippen molar-refractivity contribution in [2.75, 3.05) is 19.6 Å². The van der Waals surface area contributed by atoms with Crippen molar-refractivity contribution in [2.45, 2.75) is 32.0 Å². The van der Waals surface area contributed by atoms with E-state index in [-0.39, 0.29) is 18.2 Å². The first-order chi connectivity index (χ1) is 15.7. The number of amides is 2. The third-order valence-electron chi connectivity index (χ3n) is 5.83. The van der Waals surface area contributed by atoms with E-state index in [4.69, 9.17) is 0 Å². The van der Waals surface area contributed by atoms with Crippen LogP contribution < -0.4 is 5.32 Å². The van der Waals surface area contributed by atoms with E-state index in [0.717, 1.165) is 18.5 Å². The second kappa shape index (κ2) is 11.1. The van der Waals surface area contributed by atoms with E-state index >= 15 is 0 Å². The average Bonchev–Trinajstić information content (AvgIpc) is 3.33. The fourth-order valence-corrected chi connectivity index (χ4v) is 4.80. The Morgan fingerprint density at radius 2 is 1.72 bits per heavy atom. The number of hydrogen-bond donors (Lipinski definition) is 1. The van der Waals surface area contributed by atoms with Gasteiger partial charge in [0, 0.05) is 37.6 Å². The van der Waals surface area contributed by atoms with Gasteiger partial charge < -0.3 is 10.2 Å². The molecule has 5 nitrogen and oxygen atoms in total. The maximum absolute atomic E-state index is 13.5. The Labute approximate surface area is 193 Å². The van der Waals surface area contributed by atoms with E-state index < -0.39 is 6.04 Å². The van der Waals surface area contributed by atoms with Gasteiger partial charge in [-0.15, -0.1) is 11.3 Å². The first-order valence-electron chi connectivity index (χ1n) is 11.1. The molecule has 0 saturated carbocycles. The summed E-state index contributed by atoms with van der Waals surface area (Å²) < 4.78 is 0. The van der Waals surface area contributed by atoms with Gasteiger partial charge in [-0.05, 0) is 29.0 Å². The molecule has 1 atom stereocenters. The van der Waals surface area contributed by atoms with Gasteiger partial charge in [-0.3, -0.25) is 14.5 Å². The fraction of sp³-hybridized carbons (Fsp3) is 0.308.